The van der Waals surface area contributed by atoms with E-state index in [2.05, 4.69) is 22.1 Å². The average molecular weight is 280 g/mol. The fourth-order valence-electron chi connectivity index (χ4n) is 2.69. The van der Waals surface area contributed by atoms with Gasteiger partial charge < -0.3 is 16.0 Å². The number of amides is 1. The van der Waals surface area contributed by atoms with E-state index in [-0.39, 0.29) is 11.4 Å². The van der Waals surface area contributed by atoms with Gasteiger partial charge in [-0.2, -0.15) is 0 Å². The molecule has 19 heavy (non-hydrogen) atoms. The molecule has 0 atom stereocenters. The minimum atomic E-state index is -0.0670. The largest absolute Gasteiger partial charge is 0.382 e. The molecule has 2 heterocycles. The van der Waals surface area contributed by atoms with Crippen LogP contribution in [0.5, 0.6) is 0 Å². The van der Waals surface area contributed by atoms with Gasteiger partial charge in [0.25, 0.3) is 5.91 Å². The first-order valence-electron chi connectivity index (χ1n) is 6.91. The van der Waals surface area contributed by atoms with Gasteiger partial charge in [-0.1, -0.05) is 11.3 Å². The highest BCUT2D eigenvalue weighted by Gasteiger charge is 2.34. The minimum Gasteiger partial charge on any atom is -0.382 e. The lowest BCUT2D eigenvalue weighted by Gasteiger charge is -2.38. The molecule has 1 aliphatic heterocycles. The molecule has 1 saturated heterocycles. The van der Waals surface area contributed by atoms with Gasteiger partial charge in [0.05, 0.1) is 0 Å². The van der Waals surface area contributed by atoms with Gasteiger partial charge >= 0.3 is 0 Å². The molecular weight excluding hydrogens is 260 g/mol. The normalized spacial score (nSPS) is 21.2. The molecule has 0 spiro atoms. The lowest BCUT2D eigenvalue weighted by molar-refractivity contribution is 0.0855. The molecule has 1 saturated carbocycles. The van der Waals surface area contributed by atoms with Crippen molar-refractivity contribution in [3.63, 3.8) is 0 Å². The molecule has 1 aromatic rings. The molecule has 5 nitrogen and oxygen atoms in total. The van der Waals surface area contributed by atoms with E-state index in [0.29, 0.717) is 10.7 Å². The van der Waals surface area contributed by atoms with Crippen LogP contribution in [0.25, 0.3) is 0 Å². The van der Waals surface area contributed by atoms with Crippen LogP contribution in [-0.2, 0) is 0 Å². The SMILES string of the molecule is CC1(NC(=O)c2sc(N3CCCC3)nc2N)CCC1. The highest BCUT2D eigenvalue weighted by atomic mass is 32.1. The van der Waals surface area contributed by atoms with Crippen LogP contribution in [0.3, 0.4) is 0 Å². The summed E-state index contributed by atoms with van der Waals surface area (Å²) < 4.78 is 0. The highest BCUT2D eigenvalue weighted by molar-refractivity contribution is 7.18. The van der Waals surface area contributed by atoms with Crippen molar-refractivity contribution in [2.75, 3.05) is 23.7 Å². The third kappa shape index (κ3) is 2.41. The van der Waals surface area contributed by atoms with Crippen molar-refractivity contribution in [2.24, 2.45) is 0 Å². The van der Waals surface area contributed by atoms with Crippen molar-refractivity contribution in [1.29, 1.82) is 0 Å². The Morgan fingerprint density at radius 2 is 2.05 bits per heavy atom. The van der Waals surface area contributed by atoms with Crippen LogP contribution in [0.4, 0.5) is 10.9 Å². The van der Waals surface area contributed by atoms with Crippen LogP contribution in [0.2, 0.25) is 0 Å². The maximum absolute atomic E-state index is 12.3. The summed E-state index contributed by atoms with van der Waals surface area (Å²) in [5, 5.41) is 3.97. The summed E-state index contributed by atoms with van der Waals surface area (Å²) in [6.45, 7) is 4.13. The second kappa shape index (κ2) is 4.67. The Morgan fingerprint density at radius 3 is 2.63 bits per heavy atom. The molecule has 0 unspecified atom stereocenters. The van der Waals surface area contributed by atoms with Crippen LogP contribution < -0.4 is 16.0 Å². The van der Waals surface area contributed by atoms with Gasteiger partial charge in [-0.25, -0.2) is 4.98 Å². The number of carbonyl (C=O) groups is 1. The predicted octanol–water partition coefficient (Wildman–Crippen LogP) is 2.00. The van der Waals surface area contributed by atoms with Gasteiger partial charge in [-0.15, -0.1) is 0 Å². The summed E-state index contributed by atoms with van der Waals surface area (Å²) in [5.74, 6) is 0.301. The molecule has 1 aromatic heterocycles. The first kappa shape index (κ1) is 12.7. The van der Waals surface area contributed by atoms with E-state index in [1.807, 2.05) is 0 Å². The number of anilines is 2. The van der Waals surface area contributed by atoms with E-state index in [0.717, 1.165) is 31.1 Å². The fraction of sp³-hybridized carbons (Fsp3) is 0.692. The van der Waals surface area contributed by atoms with Crippen molar-refractivity contribution in [3.8, 4) is 0 Å². The monoisotopic (exact) mass is 280 g/mol. The lowest BCUT2D eigenvalue weighted by Crippen LogP contribution is -2.50. The minimum absolute atomic E-state index is 0.0404. The van der Waals surface area contributed by atoms with Gasteiger partial charge in [0, 0.05) is 18.6 Å². The Bertz CT molecular complexity index is 489. The van der Waals surface area contributed by atoms with Crippen LogP contribution in [-0.4, -0.2) is 29.5 Å². The fourth-order valence-corrected chi connectivity index (χ4v) is 3.62. The Morgan fingerprint density at radius 1 is 1.37 bits per heavy atom. The van der Waals surface area contributed by atoms with Crippen molar-refractivity contribution in [2.45, 2.75) is 44.6 Å². The molecule has 0 aromatic carbocycles. The molecular formula is C13H20N4OS. The second-order valence-electron chi connectivity index (χ2n) is 5.77. The summed E-state index contributed by atoms with van der Waals surface area (Å²) in [6.07, 6.45) is 5.68. The number of nitrogens with zero attached hydrogens (tertiary/aromatic N) is 2. The average Bonchev–Trinajstić information content (AvgIpc) is 2.95. The van der Waals surface area contributed by atoms with Gasteiger partial charge in [0.2, 0.25) is 0 Å². The van der Waals surface area contributed by atoms with Gasteiger partial charge in [0.15, 0.2) is 5.13 Å². The Balaban J connectivity index is 1.74. The van der Waals surface area contributed by atoms with E-state index in [1.165, 1.54) is 30.6 Å². The van der Waals surface area contributed by atoms with Crippen molar-refractivity contribution < 1.29 is 4.79 Å². The van der Waals surface area contributed by atoms with Crippen molar-refractivity contribution >= 4 is 28.2 Å². The Hall–Kier alpha value is -1.30. The van der Waals surface area contributed by atoms with Crippen LogP contribution in [0, 0.1) is 0 Å². The number of nitrogens with two attached hydrogens (primary N) is 1. The lowest BCUT2D eigenvalue weighted by atomic mass is 9.78. The van der Waals surface area contributed by atoms with Gasteiger partial charge in [-0.05, 0) is 39.0 Å². The van der Waals surface area contributed by atoms with Crippen molar-refractivity contribution in [3.05, 3.63) is 4.88 Å². The third-order valence-electron chi connectivity index (χ3n) is 4.10. The molecule has 3 rings (SSSR count). The second-order valence-corrected chi connectivity index (χ2v) is 6.75. The Labute approximate surface area is 117 Å². The maximum atomic E-state index is 12.3. The zero-order valence-electron chi connectivity index (χ0n) is 11.2. The molecule has 0 radical (unpaired) electrons. The summed E-state index contributed by atoms with van der Waals surface area (Å²) in [7, 11) is 0. The van der Waals surface area contributed by atoms with E-state index in [1.54, 1.807) is 0 Å². The number of nitrogen functional groups attached to an aromatic ring is 1. The van der Waals surface area contributed by atoms with Crippen LogP contribution in [0.15, 0.2) is 0 Å². The molecule has 1 aliphatic carbocycles. The number of carbonyl (C=O) groups excluding carboxylic acids is 1. The number of nitrogens with one attached hydrogen (secondary N) is 1. The number of hydrogen-bond donors (Lipinski definition) is 2. The molecule has 2 fully saturated rings. The smallest absolute Gasteiger partial charge is 0.265 e. The first-order valence-corrected chi connectivity index (χ1v) is 7.73. The third-order valence-corrected chi connectivity index (χ3v) is 5.23. The van der Waals surface area contributed by atoms with E-state index in [9.17, 15) is 4.79 Å². The molecule has 0 bridgehead atoms. The van der Waals surface area contributed by atoms with E-state index >= 15 is 0 Å². The van der Waals surface area contributed by atoms with Crippen LogP contribution in [0.1, 0.15) is 48.7 Å². The standard InChI is InChI=1S/C13H20N4OS/c1-13(5-4-6-13)16-11(18)9-10(14)15-12(19-9)17-7-2-3-8-17/h2-8,14H2,1H3,(H,16,18). The van der Waals surface area contributed by atoms with Gasteiger partial charge in [-0.3, -0.25) is 4.79 Å². The summed E-state index contributed by atoms with van der Waals surface area (Å²) in [6, 6.07) is 0. The highest BCUT2D eigenvalue weighted by Crippen LogP contribution is 2.34. The quantitative estimate of drug-likeness (QED) is 0.888. The summed E-state index contributed by atoms with van der Waals surface area (Å²) in [4.78, 5) is 19.4. The zero-order valence-corrected chi connectivity index (χ0v) is 12.1. The zero-order chi connectivity index (χ0) is 13.5. The maximum Gasteiger partial charge on any atom is 0.265 e. The number of rotatable bonds is 3. The van der Waals surface area contributed by atoms with Crippen molar-refractivity contribution in [1.82, 2.24) is 10.3 Å². The Kier molecular flexibility index (Phi) is 3.12. The van der Waals surface area contributed by atoms with Gasteiger partial charge in [0.1, 0.15) is 10.7 Å². The molecule has 104 valence electrons. The molecule has 6 heteroatoms. The number of aromatic nitrogens is 1. The summed E-state index contributed by atoms with van der Waals surface area (Å²) in [5.41, 5.74) is 5.86. The first-order chi connectivity index (χ1) is 9.07. The molecule has 1 amide bonds. The van der Waals surface area contributed by atoms with Crippen LogP contribution >= 0.6 is 11.3 Å². The van der Waals surface area contributed by atoms with E-state index in [4.69, 9.17) is 5.73 Å². The topological polar surface area (TPSA) is 71.2 Å². The predicted molar refractivity (Wildman–Crippen MR) is 77.7 cm³/mol. The van der Waals surface area contributed by atoms with E-state index < -0.39 is 0 Å². The summed E-state index contributed by atoms with van der Waals surface area (Å²) >= 11 is 1.42. The number of hydrogen-bond acceptors (Lipinski definition) is 5. The molecule has 2 aliphatic rings. The molecule has 3 N–H and O–H groups in total. The number of thiazole rings is 1.